The van der Waals surface area contributed by atoms with Gasteiger partial charge in [-0.15, -0.1) is 0 Å². The SMILES string of the molecule is CCOc1ccc(OCC)c(NC(N)=NCCOc2ncccc2Cl)c1. The maximum absolute atomic E-state index is 5.97. The van der Waals surface area contributed by atoms with Crippen molar-refractivity contribution < 1.29 is 14.2 Å². The van der Waals surface area contributed by atoms with Gasteiger partial charge < -0.3 is 25.3 Å². The van der Waals surface area contributed by atoms with Gasteiger partial charge in [0.05, 0.1) is 25.4 Å². The first kappa shape index (κ1) is 19.7. The van der Waals surface area contributed by atoms with Crippen LogP contribution >= 0.6 is 11.6 Å². The lowest BCUT2D eigenvalue weighted by Crippen LogP contribution is -2.24. The van der Waals surface area contributed by atoms with Gasteiger partial charge in [-0.05, 0) is 38.1 Å². The molecule has 0 aliphatic carbocycles. The zero-order valence-electron chi connectivity index (χ0n) is 14.9. The minimum absolute atomic E-state index is 0.246. The summed E-state index contributed by atoms with van der Waals surface area (Å²) in [6.45, 7) is 5.60. The molecule has 0 amide bonds. The van der Waals surface area contributed by atoms with Crippen molar-refractivity contribution in [3.05, 3.63) is 41.6 Å². The summed E-state index contributed by atoms with van der Waals surface area (Å²) in [6, 6.07) is 8.94. The second-order valence-electron chi connectivity index (χ2n) is 5.05. The highest BCUT2D eigenvalue weighted by Crippen LogP contribution is 2.29. The molecule has 8 heteroatoms. The van der Waals surface area contributed by atoms with E-state index in [0.717, 1.165) is 5.75 Å². The molecule has 0 bridgehead atoms. The standard InChI is InChI=1S/C18H23ClN4O3/c1-3-24-13-7-8-16(25-4-2)15(12-13)23-18(20)22-10-11-26-17-14(19)6-5-9-21-17/h5-9,12H,3-4,10-11H2,1-2H3,(H3,20,22,23). The number of pyridine rings is 1. The Morgan fingerprint density at radius 1 is 1.19 bits per heavy atom. The van der Waals surface area contributed by atoms with E-state index in [9.17, 15) is 0 Å². The van der Waals surface area contributed by atoms with Crippen LogP contribution in [-0.2, 0) is 0 Å². The van der Waals surface area contributed by atoms with Gasteiger partial charge in [0.25, 0.3) is 0 Å². The summed E-state index contributed by atoms with van der Waals surface area (Å²) in [5.74, 6) is 2.01. The zero-order valence-corrected chi connectivity index (χ0v) is 15.6. The Bertz CT molecular complexity index is 740. The van der Waals surface area contributed by atoms with Gasteiger partial charge in [-0.25, -0.2) is 9.98 Å². The van der Waals surface area contributed by atoms with Crippen molar-refractivity contribution >= 4 is 23.2 Å². The van der Waals surface area contributed by atoms with Gasteiger partial charge in [-0.3, -0.25) is 0 Å². The Morgan fingerprint density at radius 2 is 2.00 bits per heavy atom. The molecular weight excluding hydrogens is 356 g/mol. The molecule has 0 aliphatic heterocycles. The average molecular weight is 379 g/mol. The monoisotopic (exact) mass is 378 g/mol. The first-order chi connectivity index (χ1) is 12.6. The molecule has 0 atom stereocenters. The van der Waals surface area contributed by atoms with Crippen molar-refractivity contribution in [3.63, 3.8) is 0 Å². The van der Waals surface area contributed by atoms with E-state index in [2.05, 4.69) is 15.3 Å². The van der Waals surface area contributed by atoms with Crippen molar-refractivity contribution in [1.82, 2.24) is 4.98 Å². The third kappa shape index (κ3) is 6.00. The van der Waals surface area contributed by atoms with Crippen molar-refractivity contribution in [2.45, 2.75) is 13.8 Å². The zero-order chi connectivity index (χ0) is 18.8. The molecule has 0 saturated heterocycles. The molecule has 2 rings (SSSR count). The number of benzene rings is 1. The number of hydrogen-bond acceptors (Lipinski definition) is 5. The molecule has 0 unspecified atom stereocenters. The number of aliphatic imine (C=N–C) groups is 1. The van der Waals surface area contributed by atoms with E-state index < -0.39 is 0 Å². The smallest absolute Gasteiger partial charge is 0.232 e. The predicted molar refractivity (Wildman–Crippen MR) is 104 cm³/mol. The van der Waals surface area contributed by atoms with E-state index in [1.165, 1.54) is 0 Å². The maximum atomic E-state index is 5.97. The Balaban J connectivity index is 1.94. The van der Waals surface area contributed by atoms with E-state index in [1.54, 1.807) is 18.3 Å². The molecule has 0 fully saturated rings. The molecule has 7 nitrogen and oxygen atoms in total. The molecule has 1 aromatic heterocycles. The largest absolute Gasteiger partial charge is 0.494 e. The number of aromatic nitrogens is 1. The number of rotatable bonds is 9. The van der Waals surface area contributed by atoms with Gasteiger partial charge in [0, 0.05) is 12.3 Å². The molecule has 0 saturated carbocycles. The molecule has 0 radical (unpaired) electrons. The quantitative estimate of drug-likeness (QED) is 0.395. The maximum Gasteiger partial charge on any atom is 0.232 e. The summed E-state index contributed by atoms with van der Waals surface area (Å²) in [5, 5.41) is 3.48. The number of halogens is 1. The van der Waals surface area contributed by atoms with Crippen LogP contribution in [0.1, 0.15) is 13.8 Å². The normalized spacial score (nSPS) is 11.1. The van der Waals surface area contributed by atoms with Crippen LogP contribution in [0, 0.1) is 0 Å². The molecule has 0 aliphatic rings. The number of nitrogens with one attached hydrogen (secondary N) is 1. The fraction of sp³-hybridized carbons (Fsp3) is 0.333. The number of nitrogens with zero attached hydrogens (tertiary/aromatic N) is 2. The molecular formula is C18H23ClN4O3. The highest BCUT2D eigenvalue weighted by atomic mass is 35.5. The Morgan fingerprint density at radius 3 is 2.73 bits per heavy atom. The molecule has 0 spiro atoms. The Kier molecular flexibility index (Phi) is 7.82. The second-order valence-corrected chi connectivity index (χ2v) is 5.46. The molecule has 1 heterocycles. The van der Waals surface area contributed by atoms with Crippen LogP contribution in [0.4, 0.5) is 5.69 Å². The Hall–Kier alpha value is -2.67. The van der Waals surface area contributed by atoms with Gasteiger partial charge >= 0.3 is 0 Å². The average Bonchev–Trinajstić information content (AvgIpc) is 2.63. The molecule has 3 N–H and O–H groups in total. The van der Waals surface area contributed by atoms with Crippen molar-refractivity contribution in [3.8, 4) is 17.4 Å². The van der Waals surface area contributed by atoms with E-state index in [0.29, 0.717) is 48.7 Å². The van der Waals surface area contributed by atoms with Crippen LogP contribution in [-0.4, -0.2) is 37.3 Å². The van der Waals surface area contributed by atoms with E-state index in [4.69, 9.17) is 31.5 Å². The van der Waals surface area contributed by atoms with Gasteiger partial charge in [-0.1, -0.05) is 11.6 Å². The number of nitrogens with two attached hydrogens (primary N) is 1. The fourth-order valence-corrected chi connectivity index (χ4v) is 2.28. The Labute approximate surface area is 158 Å². The molecule has 2 aromatic rings. The first-order valence-electron chi connectivity index (χ1n) is 8.34. The van der Waals surface area contributed by atoms with Crippen LogP contribution in [0.3, 0.4) is 0 Å². The van der Waals surface area contributed by atoms with Crippen LogP contribution in [0.2, 0.25) is 5.02 Å². The van der Waals surface area contributed by atoms with Crippen LogP contribution in [0.5, 0.6) is 17.4 Å². The van der Waals surface area contributed by atoms with Crippen molar-refractivity contribution in [2.75, 3.05) is 31.7 Å². The van der Waals surface area contributed by atoms with Crippen LogP contribution in [0.15, 0.2) is 41.5 Å². The number of hydrogen-bond donors (Lipinski definition) is 2. The van der Waals surface area contributed by atoms with E-state index in [-0.39, 0.29) is 5.96 Å². The highest BCUT2D eigenvalue weighted by molar-refractivity contribution is 6.31. The predicted octanol–water partition coefficient (Wildman–Crippen LogP) is 3.34. The molecule has 140 valence electrons. The number of anilines is 1. The summed E-state index contributed by atoms with van der Waals surface area (Å²) in [4.78, 5) is 8.27. The van der Waals surface area contributed by atoms with Gasteiger partial charge in [0.1, 0.15) is 23.1 Å². The highest BCUT2D eigenvalue weighted by Gasteiger charge is 2.07. The third-order valence-electron chi connectivity index (χ3n) is 3.16. The summed E-state index contributed by atoms with van der Waals surface area (Å²) in [6.07, 6.45) is 1.61. The topological polar surface area (TPSA) is 91.0 Å². The van der Waals surface area contributed by atoms with Gasteiger partial charge in [-0.2, -0.15) is 0 Å². The number of guanidine groups is 1. The fourth-order valence-electron chi connectivity index (χ4n) is 2.11. The minimum Gasteiger partial charge on any atom is -0.494 e. The van der Waals surface area contributed by atoms with Crippen LogP contribution in [0.25, 0.3) is 0 Å². The first-order valence-corrected chi connectivity index (χ1v) is 8.71. The van der Waals surface area contributed by atoms with Crippen LogP contribution < -0.4 is 25.3 Å². The molecule has 1 aromatic carbocycles. The lowest BCUT2D eigenvalue weighted by atomic mass is 10.2. The lowest BCUT2D eigenvalue weighted by molar-refractivity contribution is 0.316. The summed E-state index contributed by atoms with van der Waals surface area (Å²) in [5.41, 5.74) is 6.64. The number of ether oxygens (including phenoxy) is 3. The summed E-state index contributed by atoms with van der Waals surface area (Å²) >= 11 is 5.97. The third-order valence-corrected chi connectivity index (χ3v) is 3.45. The van der Waals surface area contributed by atoms with Gasteiger partial charge in [0.15, 0.2) is 5.96 Å². The van der Waals surface area contributed by atoms with Crippen molar-refractivity contribution in [1.29, 1.82) is 0 Å². The van der Waals surface area contributed by atoms with Crippen molar-refractivity contribution in [2.24, 2.45) is 10.7 Å². The molecule has 26 heavy (non-hydrogen) atoms. The summed E-state index contributed by atoms with van der Waals surface area (Å²) < 4.78 is 16.6. The summed E-state index contributed by atoms with van der Waals surface area (Å²) in [7, 11) is 0. The van der Waals surface area contributed by atoms with E-state index in [1.807, 2.05) is 32.0 Å². The lowest BCUT2D eigenvalue weighted by Gasteiger charge is -2.14. The van der Waals surface area contributed by atoms with E-state index >= 15 is 0 Å². The van der Waals surface area contributed by atoms with Gasteiger partial charge in [0.2, 0.25) is 5.88 Å². The second kappa shape index (κ2) is 10.4. The minimum atomic E-state index is 0.246.